The van der Waals surface area contributed by atoms with Gasteiger partial charge in [0.25, 0.3) is 0 Å². The van der Waals surface area contributed by atoms with Gasteiger partial charge in [0, 0.05) is 13.1 Å². The summed E-state index contributed by atoms with van der Waals surface area (Å²) in [6, 6.07) is 17.7. The van der Waals surface area contributed by atoms with Crippen molar-refractivity contribution < 1.29 is 14.6 Å². The van der Waals surface area contributed by atoms with Crippen LogP contribution < -0.4 is 4.74 Å². The highest BCUT2D eigenvalue weighted by atomic mass is 16.5. The van der Waals surface area contributed by atoms with E-state index in [4.69, 9.17) is 4.74 Å². The van der Waals surface area contributed by atoms with E-state index in [2.05, 4.69) is 17.0 Å². The molecule has 1 atom stereocenters. The lowest BCUT2D eigenvalue weighted by molar-refractivity contribution is -0.146. The third-order valence-corrected chi connectivity index (χ3v) is 4.87. The maximum Gasteiger partial charge on any atom is 0.315 e. The number of hydrogen-bond acceptors (Lipinski definition) is 3. The Balaban J connectivity index is 1.84. The molecular weight excluding hydrogens is 302 g/mol. The second-order valence-corrected chi connectivity index (χ2v) is 6.42. The Bertz CT molecular complexity index is 684. The maximum absolute atomic E-state index is 12.2. The molecule has 0 spiro atoms. The van der Waals surface area contributed by atoms with E-state index in [-0.39, 0.29) is 0 Å². The first-order valence-corrected chi connectivity index (χ1v) is 8.28. The highest BCUT2D eigenvalue weighted by molar-refractivity contribution is 5.82. The molecule has 0 unspecified atom stereocenters. The molecule has 1 aliphatic rings. The molecule has 0 aliphatic carbocycles. The lowest BCUT2D eigenvalue weighted by Crippen LogP contribution is -2.50. The number of ether oxygens (including phenoxy) is 1. The van der Waals surface area contributed by atoms with E-state index in [0.29, 0.717) is 13.0 Å². The number of piperidine rings is 1. The smallest absolute Gasteiger partial charge is 0.315 e. The first kappa shape index (κ1) is 16.5. The van der Waals surface area contributed by atoms with E-state index in [1.807, 2.05) is 42.5 Å². The van der Waals surface area contributed by atoms with Gasteiger partial charge < -0.3 is 9.84 Å². The van der Waals surface area contributed by atoms with Gasteiger partial charge in [0.2, 0.25) is 0 Å². The van der Waals surface area contributed by atoms with E-state index < -0.39 is 11.4 Å². The SMILES string of the molecule is COc1ccc([C@@]2(C(=O)O)CCCN(Cc3ccccc3)C2)cc1. The normalized spacial score (nSPS) is 21.4. The summed E-state index contributed by atoms with van der Waals surface area (Å²) >= 11 is 0. The molecule has 0 amide bonds. The fourth-order valence-corrected chi connectivity index (χ4v) is 3.56. The predicted octanol–water partition coefficient (Wildman–Crippen LogP) is 3.31. The molecule has 0 saturated carbocycles. The van der Waals surface area contributed by atoms with E-state index in [9.17, 15) is 9.90 Å². The van der Waals surface area contributed by atoms with Crippen molar-refractivity contribution in [3.8, 4) is 5.75 Å². The van der Waals surface area contributed by atoms with Crippen LogP contribution in [0.15, 0.2) is 54.6 Å². The van der Waals surface area contributed by atoms with Crippen LogP contribution in [0.2, 0.25) is 0 Å². The number of benzene rings is 2. The van der Waals surface area contributed by atoms with Crippen molar-refractivity contribution in [2.75, 3.05) is 20.2 Å². The van der Waals surface area contributed by atoms with Gasteiger partial charge in [-0.15, -0.1) is 0 Å². The molecule has 1 heterocycles. The highest BCUT2D eigenvalue weighted by Crippen LogP contribution is 2.36. The number of carboxylic acid groups (broad SMARTS) is 1. The van der Waals surface area contributed by atoms with Gasteiger partial charge in [-0.2, -0.15) is 0 Å². The molecule has 1 aliphatic heterocycles. The molecule has 2 aromatic rings. The molecule has 0 radical (unpaired) electrons. The van der Waals surface area contributed by atoms with E-state index in [1.54, 1.807) is 7.11 Å². The zero-order valence-corrected chi connectivity index (χ0v) is 13.9. The number of likely N-dealkylation sites (tertiary alicyclic amines) is 1. The number of carbonyl (C=O) groups is 1. The van der Waals surface area contributed by atoms with Crippen molar-refractivity contribution in [2.24, 2.45) is 0 Å². The second-order valence-electron chi connectivity index (χ2n) is 6.42. The third-order valence-electron chi connectivity index (χ3n) is 4.87. The van der Waals surface area contributed by atoms with Gasteiger partial charge >= 0.3 is 5.97 Å². The topological polar surface area (TPSA) is 49.8 Å². The van der Waals surface area contributed by atoms with Crippen molar-refractivity contribution >= 4 is 5.97 Å². The number of rotatable bonds is 5. The summed E-state index contributed by atoms with van der Waals surface area (Å²) in [5, 5.41) is 9.99. The molecule has 24 heavy (non-hydrogen) atoms. The minimum Gasteiger partial charge on any atom is -0.497 e. The zero-order chi connectivity index (χ0) is 17.0. The van der Waals surface area contributed by atoms with Gasteiger partial charge in [-0.25, -0.2) is 0 Å². The molecule has 0 bridgehead atoms. The zero-order valence-electron chi connectivity index (χ0n) is 13.9. The van der Waals surface area contributed by atoms with Gasteiger partial charge in [-0.05, 0) is 42.6 Å². The monoisotopic (exact) mass is 325 g/mol. The van der Waals surface area contributed by atoms with Crippen LogP contribution in [0.3, 0.4) is 0 Å². The number of methoxy groups -OCH3 is 1. The van der Waals surface area contributed by atoms with Crippen LogP contribution in [0.1, 0.15) is 24.0 Å². The average molecular weight is 325 g/mol. The lowest BCUT2D eigenvalue weighted by atomic mass is 9.74. The summed E-state index contributed by atoms with van der Waals surface area (Å²) in [5.74, 6) is 0.00154. The average Bonchev–Trinajstić information content (AvgIpc) is 2.62. The van der Waals surface area contributed by atoms with E-state index in [0.717, 1.165) is 30.8 Å². The Labute approximate surface area is 142 Å². The van der Waals surface area contributed by atoms with E-state index in [1.165, 1.54) is 5.56 Å². The van der Waals surface area contributed by atoms with Gasteiger partial charge in [-0.1, -0.05) is 42.5 Å². The lowest BCUT2D eigenvalue weighted by Gasteiger charge is -2.40. The molecule has 126 valence electrons. The van der Waals surface area contributed by atoms with Crippen LogP contribution in [-0.2, 0) is 16.8 Å². The molecule has 0 aromatic heterocycles. The first-order chi connectivity index (χ1) is 11.6. The largest absolute Gasteiger partial charge is 0.497 e. The van der Waals surface area contributed by atoms with Crippen molar-refractivity contribution in [2.45, 2.75) is 24.8 Å². The van der Waals surface area contributed by atoms with Crippen molar-refractivity contribution in [3.63, 3.8) is 0 Å². The van der Waals surface area contributed by atoms with Crippen LogP contribution in [0.25, 0.3) is 0 Å². The summed E-state index contributed by atoms with van der Waals surface area (Å²) in [6.45, 7) is 2.25. The molecule has 1 saturated heterocycles. The Morgan fingerprint density at radius 3 is 2.50 bits per heavy atom. The minimum absolute atomic E-state index is 0.531. The maximum atomic E-state index is 12.2. The molecule has 4 nitrogen and oxygen atoms in total. The van der Waals surface area contributed by atoms with E-state index >= 15 is 0 Å². The van der Waals surface area contributed by atoms with Crippen molar-refractivity contribution in [3.05, 3.63) is 65.7 Å². The number of carboxylic acids is 1. The molecular formula is C20H23NO3. The predicted molar refractivity (Wildman–Crippen MR) is 93.3 cm³/mol. The molecule has 4 heteroatoms. The summed E-state index contributed by atoms with van der Waals surface area (Å²) < 4.78 is 5.19. The summed E-state index contributed by atoms with van der Waals surface area (Å²) in [7, 11) is 1.62. The number of nitrogens with zero attached hydrogens (tertiary/aromatic N) is 1. The van der Waals surface area contributed by atoms with Crippen LogP contribution in [0.5, 0.6) is 5.75 Å². The summed E-state index contributed by atoms with van der Waals surface area (Å²) in [5.41, 5.74) is 1.22. The standard InChI is InChI=1S/C20H23NO3/c1-24-18-10-8-17(9-11-18)20(19(22)23)12-5-13-21(15-20)14-16-6-3-2-4-7-16/h2-4,6-11H,5,12-15H2,1H3,(H,22,23)/t20-/m1/s1. The van der Waals surface area contributed by atoms with Gasteiger partial charge in [0.15, 0.2) is 0 Å². The molecule has 3 rings (SSSR count). The Morgan fingerprint density at radius 2 is 1.88 bits per heavy atom. The van der Waals surface area contributed by atoms with Crippen LogP contribution in [0, 0.1) is 0 Å². The molecule has 1 fully saturated rings. The van der Waals surface area contributed by atoms with Gasteiger partial charge in [0.05, 0.1) is 7.11 Å². The van der Waals surface area contributed by atoms with Crippen LogP contribution in [-0.4, -0.2) is 36.2 Å². The quantitative estimate of drug-likeness (QED) is 0.916. The first-order valence-electron chi connectivity index (χ1n) is 8.28. The number of aliphatic carboxylic acids is 1. The Kier molecular flexibility index (Phi) is 4.86. The Morgan fingerprint density at radius 1 is 1.17 bits per heavy atom. The Hall–Kier alpha value is -2.33. The third kappa shape index (κ3) is 3.29. The number of hydrogen-bond donors (Lipinski definition) is 1. The van der Waals surface area contributed by atoms with Gasteiger partial charge in [-0.3, -0.25) is 9.69 Å². The second kappa shape index (κ2) is 7.05. The molecule has 1 N–H and O–H groups in total. The fourth-order valence-electron chi connectivity index (χ4n) is 3.56. The van der Waals surface area contributed by atoms with Crippen LogP contribution in [0.4, 0.5) is 0 Å². The molecule has 2 aromatic carbocycles. The summed E-state index contributed by atoms with van der Waals surface area (Å²) in [4.78, 5) is 14.4. The summed E-state index contributed by atoms with van der Waals surface area (Å²) in [6.07, 6.45) is 1.55. The van der Waals surface area contributed by atoms with Crippen molar-refractivity contribution in [1.82, 2.24) is 4.90 Å². The minimum atomic E-state index is -0.848. The highest BCUT2D eigenvalue weighted by Gasteiger charge is 2.43. The van der Waals surface area contributed by atoms with Crippen molar-refractivity contribution in [1.29, 1.82) is 0 Å². The van der Waals surface area contributed by atoms with Gasteiger partial charge in [0.1, 0.15) is 11.2 Å². The van der Waals surface area contributed by atoms with Crippen LogP contribution >= 0.6 is 0 Å². The fraction of sp³-hybridized carbons (Fsp3) is 0.350.